The van der Waals surface area contributed by atoms with E-state index < -0.39 is 0 Å². The molecule has 3 heterocycles. The molecule has 0 saturated carbocycles. The number of rotatable bonds is 5. The predicted molar refractivity (Wildman–Crippen MR) is 115 cm³/mol. The molecule has 3 aromatic heterocycles. The van der Waals surface area contributed by atoms with Crippen LogP contribution in [0.5, 0.6) is 0 Å². The Morgan fingerprint density at radius 3 is 2.79 bits per heavy atom. The standard InChI is InChI=1S/C21H19N5O2S/c1-2-23-20(28)26-21-25-17-10-15(13-5-3-7-22-11-13)9-16(19(17)29-21)18-14(12-27)6-4-8-24-18/h3-11,27H,2,12H2,1H3,(H2,23,25,26,28). The summed E-state index contributed by atoms with van der Waals surface area (Å²) in [6.45, 7) is 2.26. The van der Waals surface area contributed by atoms with Crippen LogP contribution in [0.4, 0.5) is 9.93 Å². The maximum atomic E-state index is 11.9. The fraction of sp³-hybridized carbons (Fsp3) is 0.143. The second-order valence-corrected chi connectivity index (χ2v) is 7.29. The molecular formula is C21H19N5O2S. The fourth-order valence-corrected chi connectivity index (χ4v) is 4.03. The second kappa shape index (κ2) is 8.34. The van der Waals surface area contributed by atoms with E-state index in [1.807, 2.05) is 37.3 Å². The highest BCUT2D eigenvalue weighted by atomic mass is 32.1. The van der Waals surface area contributed by atoms with Gasteiger partial charge in [0.05, 0.1) is 22.5 Å². The second-order valence-electron chi connectivity index (χ2n) is 6.29. The molecule has 8 heteroatoms. The first-order valence-corrected chi connectivity index (χ1v) is 9.96. The van der Waals surface area contributed by atoms with Crippen molar-refractivity contribution in [1.82, 2.24) is 20.3 Å². The quantitative estimate of drug-likeness (QED) is 0.465. The number of carbonyl (C=O) groups is 1. The normalized spacial score (nSPS) is 10.8. The average Bonchev–Trinajstić information content (AvgIpc) is 3.16. The molecule has 0 unspecified atom stereocenters. The van der Waals surface area contributed by atoms with Crippen LogP contribution in [0.3, 0.4) is 0 Å². The van der Waals surface area contributed by atoms with Crippen molar-refractivity contribution in [2.24, 2.45) is 0 Å². The molecule has 0 fully saturated rings. The molecule has 29 heavy (non-hydrogen) atoms. The minimum absolute atomic E-state index is 0.120. The largest absolute Gasteiger partial charge is 0.392 e. The van der Waals surface area contributed by atoms with Crippen molar-refractivity contribution in [3.05, 3.63) is 60.6 Å². The number of pyridine rings is 2. The van der Waals surface area contributed by atoms with E-state index in [-0.39, 0.29) is 12.6 Å². The van der Waals surface area contributed by atoms with Gasteiger partial charge in [0.2, 0.25) is 0 Å². The number of aromatic nitrogens is 3. The van der Waals surface area contributed by atoms with Crippen LogP contribution in [0, 0.1) is 0 Å². The molecule has 0 aliphatic heterocycles. The molecule has 0 saturated heterocycles. The zero-order valence-corrected chi connectivity index (χ0v) is 16.5. The SMILES string of the molecule is CCNC(=O)Nc1nc2cc(-c3cccnc3)cc(-c3ncccc3CO)c2s1. The molecular weight excluding hydrogens is 386 g/mol. The van der Waals surface area contributed by atoms with Gasteiger partial charge in [0.15, 0.2) is 5.13 Å². The number of aliphatic hydroxyl groups excluding tert-OH is 1. The topological polar surface area (TPSA) is 100 Å². The number of urea groups is 1. The van der Waals surface area contributed by atoms with Crippen molar-refractivity contribution in [3.63, 3.8) is 0 Å². The number of anilines is 1. The molecule has 4 rings (SSSR count). The highest BCUT2D eigenvalue weighted by Gasteiger charge is 2.17. The summed E-state index contributed by atoms with van der Waals surface area (Å²) < 4.78 is 0.887. The van der Waals surface area contributed by atoms with Gasteiger partial charge in [-0.25, -0.2) is 9.78 Å². The summed E-state index contributed by atoms with van der Waals surface area (Å²) in [5, 5.41) is 15.8. The van der Waals surface area contributed by atoms with Crippen LogP contribution in [-0.4, -0.2) is 32.6 Å². The van der Waals surface area contributed by atoms with E-state index in [0.29, 0.717) is 17.4 Å². The minimum atomic E-state index is -0.297. The van der Waals surface area contributed by atoms with E-state index in [1.165, 1.54) is 11.3 Å². The van der Waals surface area contributed by atoms with E-state index in [0.717, 1.165) is 32.5 Å². The number of aliphatic hydroxyl groups is 1. The number of benzene rings is 1. The predicted octanol–water partition coefficient (Wildman–Crippen LogP) is 4.05. The van der Waals surface area contributed by atoms with E-state index in [2.05, 4.69) is 25.6 Å². The Balaban J connectivity index is 1.91. The lowest BCUT2D eigenvalue weighted by atomic mass is 10.00. The Labute approximate surface area is 171 Å². The van der Waals surface area contributed by atoms with E-state index in [1.54, 1.807) is 24.7 Å². The summed E-state index contributed by atoms with van der Waals surface area (Å²) in [6, 6.07) is 11.2. The van der Waals surface area contributed by atoms with Crippen LogP contribution >= 0.6 is 11.3 Å². The number of hydrogen-bond donors (Lipinski definition) is 3. The monoisotopic (exact) mass is 405 g/mol. The number of thiazole rings is 1. The first kappa shape index (κ1) is 19.0. The van der Waals surface area contributed by atoms with Gasteiger partial charge in [-0.1, -0.05) is 23.5 Å². The van der Waals surface area contributed by atoms with Gasteiger partial charge in [-0.2, -0.15) is 0 Å². The molecule has 146 valence electrons. The third-order valence-corrected chi connectivity index (χ3v) is 5.38. The maximum Gasteiger partial charge on any atom is 0.321 e. The zero-order valence-electron chi connectivity index (χ0n) is 15.7. The van der Waals surface area contributed by atoms with Crippen LogP contribution in [0.25, 0.3) is 32.6 Å². The summed E-state index contributed by atoms with van der Waals surface area (Å²) in [5.41, 5.74) is 4.90. The summed E-state index contributed by atoms with van der Waals surface area (Å²) in [5.74, 6) is 0. The van der Waals surface area contributed by atoms with Gasteiger partial charge in [-0.3, -0.25) is 15.3 Å². The van der Waals surface area contributed by atoms with Crippen molar-refractivity contribution < 1.29 is 9.90 Å². The first-order valence-electron chi connectivity index (χ1n) is 9.14. The molecule has 1 aromatic carbocycles. The molecule has 0 aliphatic rings. The lowest BCUT2D eigenvalue weighted by Gasteiger charge is -2.10. The Morgan fingerprint density at radius 1 is 1.17 bits per heavy atom. The molecule has 0 radical (unpaired) electrons. The fourth-order valence-electron chi connectivity index (χ4n) is 3.07. The average molecular weight is 405 g/mol. The van der Waals surface area contributed by atoms with Crippen molar-refractivity contribution in [3.8, 4) is 22.4 Å². The minimum Gasteiger partial charge on any atom is -0.392 e. The van der Waals surface area contributed by atoms with E-state index >= 15 is 0 Å². The zero-order chi connectivity index (χ0) is 20.2. The van der Waals surface area contributed by atoms with Gasteiger partial charge < -0.3 is 10.4 Å². The number of nitrogens with zero attached hydrogens (tertiary/aromatic N) is 3. The molecule has 4 aromatic rings. The van der Waals surface area contributed by atoms with E-state index in [9.17, 15) is 9.90 Å². The number of amides is 2. The van der Waals surface area contributed by atoms with Gasteiger partial charge in [-0.15, -0.1) is 0 Å². The van der Waals surface area contributed by atoms with Crippen LogP contribution < -0.4 is 10.6 Å². The number of carbonyl (C=O) groups excluding carboxylic acids is 1. The molecule has 0 aliphatic carbocycles. The van der Waals surface area contributed by atoms with Gasteiger partial charge in [0.25, 0.3) is 0 Å². The van der Waals surface area contributed by atoms with Gasteiger partial charge in [-0.05, 0) is 36.8 Å². The Hall–Kier alpha value is -3.36. The van der Waals surface area contributed by atoms with Gasteiger partial charge in [0, 0.05) is 41.8 Å². The van der Waals surface area contributed by atoms with Crippen LogP contribution in [0.15, 0.2) is 55.0 Å². The third kappa shape index (κ3) is 3.94. The first-order chi connectivity index (χ1) is 14.2. The van der Waals surface area contributed by atoms with Crippen LogP contribution in [0.1, 0.15) is 12.5 Å². The van der Waals surface area contributed by atoms with Gasteiger partial charge >= 0.3 is 6.03 Å². The number of nitrogens with one attached hydrogen (secondary N) is 2. The summed E-state index contributed by atoms with van der Waals surface area (Å²) in [4.78, 5) is 25.2. The maximum absolute atomic E-state index is 11.9. The molecule has 0 spiro atoms. The Kier molecular flexibility index (Phi) is 5.46. The van der Waals surface area contributed by atoms with Crippen molar-refractivity contribution in [1.29, 1.82) is 0 Å². The van der Waals surface area contributed by atoms with Crippen molar-refractivity contribution in [2.45, 2.75) is 13.5 Å². The highest BCUT2D eigenvalue weighted by molar-refractivity contribution is 7.22. The lowest BCUT2D eigenvalue weighted by molar-refractivity contribution is 0.252. The molecule has 7 nitrogen and oxygen atoms in total. The number of hydrogen-bond acceptors (Lipinski definition) is 6. The molecule has 2 amide bonds. The van der Waals surface area contributed by atoms with Crippen LogP contribution in [-0.2, 0) is 6.61 Å². The lowest BCUT2D eigenvalue weighted by Crippen LogP contribution is -2.28. The Bertz CT molecular complexity index is 1160. The highest BCUT2D eigenvalue weighted by Crippen LogP contribution is 2.39. The van der Waals surface area contributed by atoms with Crippen molar-refractivity contribution in [2.75, 3.05) is 11.9 Å². The third-order valence-electron chi connectivity index (χ3n) is 4.36. The smallest absolute Gasteiger partial charge is 0.321 e. The number of fused-ring (bicyclic) bond motifs is 1. The summed E-state index contributed by atoms with van der Waals surface area (Å²) in [6.07, 6.45) is 5.21. The van der Waals surface area contributed by atoms with Gasteiger partial charge in [0.1, 0.15) is 0 Å². The molecule has 0 bridgehead atoms. The van der Waals surface area contributed by atoms with E-state index in [4.69, 9.17) is 0 Å². The summed E-state index contributed by atoms with van der Waals surface area (Å²) in [7, 11) is 0. The van der Waals surface area contributed by atoms with Crippen LogP contribution in [0.2, 0.25) is 0 Å². The van der Waals surface area contributed by atoms with Crippen molar-refractivity contribution >= 4 is 32.7 Å². The Morgan fingerprint density at radius 2 is 2.03 bits per heavy atom. The summed E-state index contributed by atoms with van der Waals surface area (Å²) >= 11 is 1.38. The molecule has 0 atom stereocenters. The molecule has 3 N–H and O–H groups in total.